The third-order valence-electron chi connectivity index (χ3n) is 5.78. The molecule has 1 saturated heterocycles. The highest BCUT2D eigenvalue weighted by Crippen LogP contribution is 2.26. The standard InChI is InChI=1S/C24H24Cl2N4O3/c25-17-12-11-15(14-18(17)26)27-24(33)20-8-3-4-13-30(20)22(31)10-5-9-21-28-19-7-2-1-6-16(19)23(32)29-21/h1-2,6-7,11-12,14,20H,3-5,8-10,13H2,(H,27,33)(H,28,29,32). The molecular weight excluding hydrogens is 463 g/mol. The van der Waals surface area contributed by atoms with Crippen LogP contribution in [0.1, 0.15) is 37.9 Å². The van der Waals surface area contributed by atoms with Crippen LogP contribution < -0.4 is 10.9 Å². The van der Waals surface area contributed by atoms with Crippen molar-refractivity contribution in [1.29, 1.82) is 0 Å². The van der Waals surface area contributed by atoms with Gasteiger partial charge in [-0.2, -0.15) is 0 Å². The fraction of sp³-hybridized carbons (Fsp3) is 0.333. The molecule has 2 amide bonds. The van der Waals surface area contributed by atoms with Crippen molar-refractivity contribution in [3.63, 3.8) is 0 Å². The molecule has 1 aliphatic rings. The number of piperidine rings is 1. The number of hydrogen-bond donors (Lipinski definition) is 2. The second-order valence-electron chi connectivity index (χ2n) is 8.10. The van der Waals surface area contributed by atoms with Gasteiger partial charge in [-0.05, 0) is 56.0 Å². The van der Waals surface area contributed by atoms with E-state index in [4.69, 9.17) is 23.2 Å². The van der Waals surface area contributed by atoms with Crippen LogP contribution in [0.4, 0.5) is 5.69 Å². The molecule has 2 heterocycles. The highest BCUT2D eigenvalue weighted by Gasteiger charge is 2.31. The molecule has 0 radical (unpaired) electrons. The number of rotatable bonds is 6. The Morgan fingerprint density at radius 1 is 1.12 bits per heavy atom. The van der Waals surface area contributed by atoms with Crippen molar-refractivity contribution in [3.8, 4) is 0 Å². The van der Waals surface area contributed by atoms with E-state index >= 15 is 0 Å². The molecule has 0 aliphatic carbocycles. The highest BCUT2D eigenvalue weighted by atomic mass is 35.5. The lowest BCUT2D eigenvalue weighted by Gasteiger charge is -2.34. The van der Waals surface area contributed by atoms with Crippen LogP contribution in [0.15, 0.2) is 47.3 Å². The molecule has 0 bridgehead atoms. The third kappa shape index (κ3) is 5.54. The summed E-state index contributed by atoms with van der Waals surface area (Å²) in [6.45, 7) is 0.545. The quantitative estimate of drug-likeness (QED) is 0.533. The molecule has 33 heavy (non-hydrogen) atoms. The van der Waals surface area contributed by atoms with Crippen molar-refractivity contribution in [2.45, 2.75) is 44.6 Å². The zero-order valence-corrected chi connectivity index (χ0v) is 19.5. The third-order valence-corrected chi connectivity index (χ3v) is 6.52. The number of nitrogens with one attached hydrogen (secondary N) is 2. The molecule has 4 rings (SSSR count). The van der Waals surface area contributed by atoms with E-state index < -0.39 is 6.04 Å². The Morgan fingerprint density at radius 2 is 1.94 bits per heavy atom. The lowest BCUT2D eigenvalue weighted by atomic mass is 10.00. The number of carbonyl (C=O) groups is 2. The smallest absolute Gasteiger partial charge is 0.258 e. The first kappa shape index (κ1) is 23.3. The Labute approximate surface area is 201 Å². The summed E-state index contributed by atoms with van der Waals surface area (Å²) < 4.78 is 0. The summed E-state index contributed by atoms with van der Waals surface area (Å²) in [6, 6.07) is 11.5. The maximum Gasteiger partial charge on any atom is 0.258 e. The van der Waals surface area contributed by atoms with E-state index in [0.717, 1.165) is 12.8 Å². The van der Waals surface area contributed by atoms with Gasteiger partial charge in [-0.15, -0.1) is 0 Å². The minimum atomic E-state index is -0.528. The Morgan fingerprint density at radius 3 is 2.76 bits per heavy atom. The molecule has 0 saturated carbocycles. The predicted molar refractivity (Wildman–Crippen MR) is 130 cm³/mol. The normalized spacial score (nSPS) is 16.1. The molecule has 2 aromatic carbocycles. The number of benzene rings is 2. The van der Waals surface area contributed by atoms with Crippen molar-refractivity contribution in [2.75, 3.05) is 11.9 Å². The maximum atomic E-state index is 12.9. The van der Waals surface area contributed by atoms with Gasteiger partial charge in [0, 0.05) is 25.1 Å². The van der Waals surface area contributed by atoms with Crippen molar-refractivity contribution < 1.29 is 9.59 Å². The second-order valence-corrected chi connectivity index (χ2v) is 8.91. The fourth-order valence-electron chi connectivity index (χ4n) is 4.11. The van der Waals surface area contributed by atoms with E-state index in [2.05, 4.69) is 15.3 Å². The van der Waals surface area contributed by atoms with E-state index in [-0.39, 0.29) is 23.8 Å². The molecule has 1 fully saturated rings. The predicted octanol–water partition coefficient (Wildman–Crippen LogP) is 4.57. The number of halogens is 2. The fourth-order valence-corrected chi connectivity index (χ4v) is 4.40. The van der Waals surface area contributed by atoms with Crippen LogP contribution in [0.3, 0.4) is 0 Å². The molecule has 1 aromatic heterocycles. The molecular formula is C24H24Cl2N4O3. The molecule has 7 nitrogen and oxygen atoms in total. The van der Waals surface area contributed by atoms with Gasteiger partial charge in [0.1, 0.15) is 11.9 Å². The van der Waals surface area contributed by atoms with Crippen molar-refractivity contribution in [3.05, 3.63) is 68.7 Å². The molecule has 3 aromatic rings. The second kappa shape index (κ2) is 10.4. The number of carbonyl (C=O) groups excluding carboxylic acids is 2. The highest BCUT2D eigenvalue weighted by molar-refractivity contribution is 6.42. The van der Waals surface area contributed by atoms with Gasteiger partial charge in [0.25, 0.3) is 5.56 Å². The number of likely N-dealkylation sites (tertiary alicyclic amines) is 1. The minimum absolute atomic E-state index is 0.0767. The molecule has 1 atom stereocenters. The van der Waals surface area contributed by atoms with Gasteiger partial charge in [0.2, 0.25) is 11.8 Å². The van der Waals surface area contributed by atoms with E-state index in [1.807, 2.05) is 6.07 Å². The zero-order chi connectivity index (χ0) is 23.4. The lowest BCUT2D eigenvalue weighted by Crippen LogP contribution is -2.50. The van der Waals surface area contributed by atoms with Gasteiger partial charge in [-0.25, -0.2) is 4.98 Å². The first-order valence-electron chi connectivity index (χ1n) is 11.0. The van der Waals surface area contributed by atoms with E-state index in [1.165, 1.54) is 0 Å². The van der Waals surface area contributed by atoms with Crippen LogP contribution in [0.25, 0.3) is 10.9 Å². The summed E-state index contributed by atoms with van der Waals surface area (Å²) in [6.07, 6.45) is 3.62. The number of aromatic amines is 1. The zero-order valence-electron chi connectivity index (χ0n) is 17.9. The number of H-pyrrole nitrogens is 1. The average molecular weight is 487 g/mol. The largest absolute Gasteiger partial charge is 0.331 e. The molecule has 1 unspecified atom stereocenters. The molecule has 0 spiro atoms. The monoisotopic (exact) mass is 486 g/mol. The number of hydrogen-bond acceptors (Lipinski definition) is 4. The molecule has 172 valence electrons. The number of para-hydroxylation sites is 1. The minimum Gasteiger partial charge on any atom is -0.331 e. The van der Waals surface area contributed by atoms with E-state index in [0.29, 0.717) is 58.3 Å². The number of nitrogens with zero attached hydrogens (tertiary/aromatic N) is 2. The van der Waals surface area contributed by atoms with Crippen molar-refractivity contribution in [1.82, 2.24) is 14.9 Å². The van der Waals surface area contributed by atoms with Gasteiger partial charge in [-0.1, -0.05) is 35.3 Å². The van der Waals surface area contributed by atoms with Crippen molar-refractivity contribution >= 4 is 51.6 Å². The Kier molecular flexibility index (Phi) is 7.30. The number of aryl methyl sites for hydroxylation is 1. The molecule has 1 aliphatic heterocycles. The first-order chi connectivity index (χ1) is 15.9. The van der Waals surface area contributed by atoms with E-state index in [9.17, 15) is 14.4 Å². The Balaban J connectivity index is 1.37. The SMILES string of the molecule is O=C(Nc1ccc(Cl)c(Cl)c1)C1CCCCN1C(=O)CCCc1nc2ccccc2c(=O)[nH]1. The van der Waals surface area contributed by atoms with Crippen LogP contribution in [0, 0.1) is 0 Å². The summed E-state index contributed by atoms with van der Waals surface area (Å²) in [5.41, 5.74) is 0.994. The van der Waals surface area contributed by atoms with Gasteiger partial charge < -0.3 is 15.2 Å². The van der Waals surface area contributed by atoms with Gasteiger partial charge in [-0.3, -0.25) is 14.4 Å². The summed E-state index contributed by atoms with van der Waals surface area (Å²) >= 11 is 12.0. The average Bonchev–Trinajstić information content (AvgIpc) is 2.81. The number of anilines is 1. The van der Waals surface area contributed by atoms with Gasteiger partial charge in [0.15, 0.2) is 0 Å². The van der Waals surface area contributed by atoms with Crippen molar-refractivity contribution in [2.24, 2.45) is 0 Å². The Bertz CT molecular complexity index is 1240. The van der Waals surface area contributed by atoms with Gasteiger partial charge >= 0.3 is 0 Å². The molecule has 9 heteroatoms. The number of amides is 2. The van der Waals surface area contributed by atoms with E-state index in [1.54, 1.807) is 41.3 Å². The first-order valence-corrected chi connectivity index (χ1v) is 11.7. The summed E-state index contributed by atoms with van der Waals surface area (Å²) in [4.78, 5) is 47.0. The van der Waals surface area contributed by atoms with Crippen LogP contribution >= 0.6 is 23.2 Å². The summed E-state index contributed by atoms with van der Waals surface area (Å²) in [5.74, 6) is 0.244. The topological polar surface area (TPSA) is 95.2 Å². The summed E-state index contributed by atoms with van der Waals surface area (Å²) in [7, 11) is 0. The van der Waals surface area contributed by atoms with Crippen LogP contribution in [-0.4, -0.2) is 39.3 Å². The Hall–Kier alpha value is -2.90. The maximum absolute atomic E-state index is 12.9. The van der Waals surface area contributed by atoms with Crippen LogP contribution in [0.2, 0.25) is 10.0 Å². The molecule has 2 N–H and O–H groups in total. The summed E-state index contributed by atoms with van der Waals surface area (Å²) in [5, 5.41) is 4.15. The lowest BCUT2D eigenvalue weighted by molar-refractivity contribution is -0.140. The number of aromatic nitrogens is 2. The van der Waals surface area contributed by atoms with Gasteiger partial charge in [0.05, 0.1) is 20.9 Å². The van der Waals surface area contributed by atoms with Crippen LogP contribution in [0.5, 0.6) is 0 Å². The van der Waals surface area contributed by atoms with Crippen LogP contribution in [-0.2, 0) is 16.0 Å². The number of fused-ring (bicyclic) bond motifs is 1.